The van der Waals surface area contributed by atoms with E-state index in [0.717, 1.165) is 0 Å². The lowest BCUT2D eigenvalue weighted by molar-refractivity contribution is 0.102. The van der Waals surface area contributed by atoms with E-state index in [2.05, 4.69) is 20.4 Å². The summed E-state index contributed by atoms with van der Waals surface area (Å²) in [5, 5.41) is 6.57. The van der Waals surface area contributed by atoms with Crippen LogP contribution in [0.25, 0.3) is 0 Å². The molecule has 0 radical (unpaired) electrons. The van der Waals surface area contributed by atoms with E-state index in [4.69, 9.17) is 5.73 Å². The number of hydrogen-bond acceptors (Lipinski definition) is 5. The molecule has 0 aliphatic rings. The van der Waals surface area contributed by atoms with Gasteiger partial charge in [-0.25, -0.2) is 9.97 Å². The number of anilines is 2. The molecule has 0 aliphatic heterocycles. The van der Waals surface area contributed by atoms with Gasteiger partial charge in [0.15, 0.2) is 0 Å². The molecule has 0 unspecified atom stereocenters. The number of rotatable bonds is 2. The van der Waals surface area contributed by atoms with Gasteiger partial charge < -0.3 is 11.1 Å². The number of nitrogens with zero attached hydrogens (tertiary/aromatic N) is 4. The summed E-state index contributed by atoms with van der Waals surface area (Å²) < 4.78 is 1.54. The van der Waals surface area contributed by atoms with Gasteiger partial charge in [-0.2, -0.15) is 5.10 Å². The van der Waals surface area contributed by atoms with Gasteiger partial charge in [-0.15, -0.1) is 0 Å². The Morgan fingerprint density at radius 1 is 1.44 bits per heavy atom. The molecule has 0 aromatic carbocycles. The maximum Gasteiger partial charge on any atom is 0.277 e. The first-order chi connectivity index (χ1) is 7.66. The van der Waals surface area contributed by atoms with Gasteiger partial charge in [-0.3, -0.25) is 9.48 Å². The summed E-state index contributed by atoms with van der Waals surface area (Å²) in [4.78, 5) is 19.3. The molecule has 0 spiro atoms. The van der Waals surface area contributed by atoms with Crippen LogP contribution in [0.4, 0.5) is 11.6 Å². The van der Waals surface area contributed by atoms with Crippen LogP contribution in [0.3, 0.4) is 0 Å². The predicted octanol–water partition coefficient (Wildman–Crippen LogP) is 0.0446. The maximum atomic E-state index is 11.7. The van der Waals surface area contributed by atoms with Crippen LogP contribution < -0.4 is 11.1 Å². The molecule has 0 saturated carbocycles. The average Bonchev–Trinajstić information content (AvgIpc) is 2.65. The normalized spacial score (nSPS) is 10.1. The SMILES string of the molecule is Cn1nccc1NC(=O)c1cnc(N)cn1. The number of nitrogen functional groups attached to an aromatic ring is 1. The van der Waals surface area contributed by atoms with E-state index in [0.29, 0.717) is 5.82 Å². The molecular weight excluding hydrogens is 208 g/mol. The van der Waals surface area contributed by atoms with Crippen molar-refractivity contribution in [1.82, 2.24) is 19.7 Å². The summed E-state index contributed by atoms with van der Waals surface area (Å²) >= 11 is 0. The molecule has 3 N–H and O–H groups in total. The largest absolute Gasteiger partial charge is 0.382 e. The molecule has 0 aliphatic carbocycles. The fourth-order valence-corrected chi connectivity index (χ4v) is 1.13. The fraction of sp³-hybridized carbons (Fsp3) is 0.111. The molecule has 1 amide bonds. The summed E-state index contributed by atoms with van der Waals surface area (Å²) in [7, 11) is 1.73. The van der Waals surface area contributed by atoms with Crippen LogP contribution in [0.5, 0.6) is 0 Å². The second-order valence-corrected chi connectivity index (χ2v) is 3.12. The van der Waals surface area contributed by atoms with Crippen molar-refractivity contribution in [2.24, 2.45) is 7.05 Å². The van der Waals surface area contributed by atoms with E-state index >= 15 is 0 Å². The van der Waals surface area contributed by atoms with E-state index in [-0.39, 0.29) is 17.4 Å². The molecule has 7 heteroatoms. The van der Waals surface area contributed by atoms with Gasteiger partial charge >= 0.3 is 0 Å². The van der Waals surface area contributed by atoms with Gasteiger partial charge in [0.05, 0.1) is 18.6 Å². The van der Waals surface area contributed by atoms with Crippen molar-refractivity contribution >= 4 is 17.5 Å². The molecule has 0 fully saturated rings. The first-order valence-electron chi connectivity index (χ1n) is 4.53. The molecule has 7 nitrogen and oxygen atoms in total. The van der Waals surface area contributed by atoms with E-state index in [1.54, 1.807) is 24.0 Å². The molecule has 0 bridgehead atoms. The van der Waals surface area contributed by atoms with Crippen LogP contribution in [0, 0.1) is 0 Å². The summed E-state index contributed by atoms with van der Waals surface area (Å²) in [5.41, 5.74) is 5.57. The third kappa shape index (κ3) is 1.97. The van der Waals surface area contributed by atoms with Crippen LogP contribution in [0.2, 0.25) is 0 Å². The standard InChI is InChI=1S/C9H10N6O/c1-15-8(2-3-13-15)14-9(16)6-4-12-7(10)5-11-6/h2-5H,1H3,(H2,10,12)(H,14,16). The second-order valence-electron chi connectivity index (χ2n) is 3.12. The molecule has 2 aromatic heterocycles. The molecule has 82 valence electrons. The quantitative estimate of drug-likeness (QED) is 0.741. The summed E-state index contributed by atoms with van der Waals surface area (Å²) in [6.45, 7) is 0. The van der Waals surface area contributed by atoms with Crippen LogP contribution in [0.15, 0.2) is 24.7 Å². The molecule has 2 aromatic rings. The van der Waals surface area contributed by atoms with Gasteiger partial charge in [0.25, 0.3) is 5.91 Å². The first-order valence-corrected chi connectivity index (χ1v) is 4.53. The lowest BCUT2D eigenvalue weighted by Gasteiger charge is -2.04. The van der Waals surface area contributed by atoms with Crippen LogP contribution in [-0.4, -0.2) is 25.7 Å². The minimum absolute atomic E-state index is 0.204. The van der Waals surface area contributed by atoms with Gasteiger partial charge in [-0.05, 0) is 0 Å². The van der Waals surface area contributed by atoms with Crippen molar-refractivity contribution in [3.05, 3.63) is 30.4 Å². The average molecular weight is 218 g/mol. The third-order valence-electron chi connectivity index (χ3n) is 1.97. The Hall–Kier alpha value is -2.44. The lowest BCUT2D eigenvalue weighted by atomic mass is 10.4. The Morgan fingerprint density at radius 3 is 2.81 bits per heavy atom. The molecular formula is C9H10N6O. The second kappa shape index (κ2) is 3.97. The van der Waals surface area contributed by atoms with Crippen molar-refractivity contribution in [3.8, 4) is 0 Å². The summed E-state index contributed by atoms with van der Waals surface area (Å²) in [6.07, 6.45) is 4.24. The van der Waals surface area contributed by atoms with Gasteiger partial charge in [0.2, 0.25) is 0 Å². The summed E-state index contributed by atoms with van der Waals surface area (Å²) in [6, 6.07) is 1.68. The van der Waals surface area contributed by atoms with Crippen molar-refractivity contribution in [2.75, 3.05) is 11.1 Å². The van der Waals surface area contributed by atoms with Gasteiger partial charge in [-0.1, -0.05) is 0 Å². The number of aromatic nitrogens is 4. The highest BCUT2D eigenvalue weighted by atomic mass is 16.2. The molecule has 0 saturated heterocycles. The zero-order valence-corrected chi connectivity index (χ0v) is 8.58. The lowest BCUT2D eigenvalue weighted by Crippen LogP contribution is -2.16. The smallest absolute Gasteiger partial charge is 0.277 e. The topological polar surface area (TPSA) is 98.7 Å². The first kappa shape index (κ1) is 10.1. The number of hydrogen-bond donors (Lipinski definition) is 2. The van der Waals surface area contributed by atoms with Crippen molar-refractivity contribution in [2.45, 2.75) is 0 Å². The third-order valence-corrected chi connectivity index (χ3v) is 1.97. The monoisotopic (exact) mass is 218 g/mol. The minimum atomic E-state index is -0.351. The molecule has 2 rings (SSSR count). The van der Waals surface area contributed by atoms with Crippen LogP contribution in [0.1, 0.15) is 10.5 Å². The number of carbonyl (C=O) groups is 1. The number of carbonyl (C=O) groups excluding carboxylic acids is 1. The van der Waals surface area contributed by atoms with Gasteiger partial charge in [0.1, 0.15) is 17.3 Å². The highest BCUT2D eigenvalue weighted by molar-refractivity contribution is 6.02. The Bertz CT molecular complexity index is 503. The maximum absolute atomic E-state index is 11.7. The number of nitrogens with one attached hydrogen (secondary N) is 1. The van der Waals surface area contributed by atoms with Gasteiger partial charge in [0, 0.05) is 13.1 Å². The van der Waals surface area contributed by atoms with Crippen LogP contribution in [-0.2, 0) is 7.05 Å². The zero-order valence-electron chi connectivity index (χ0n) is 8.58. The molecule has 0 atom stereocenters. The fourth-order valence-electron chi connectivity index (χ4n) is 1.13. The van der Waals surface area contributed by atoms with Crippen LogP contribution >= 0.6 is 0 Å². The van der Waals surface area contributed by atoms with Crippen molar-refractivity contribution in [1.29, 1.82) is 0 Å². The van der Waals surface area contributed by atoms with Crippen molar-refractivity contribution < 1.29 is 4.79 Å². The number of nitrogens with two attached hydrogens (primary N) is 1. The predicted molar refractivity (Wildman–Crippen MR) is 57.6 cm³/mol. The van der Waals surface area contributed by atoms with E-state index in [1.165, 1.54) is 12.4 Å². The van der Waals surface area contributed by atoms with E-state index in [9.17, 15) is 4.79 Å². The Kier molecular flexibility index (Phi) is 2.50. The number of amides is 1. The molecule has 2 heterocycles. The Morgan fingerprint density at radius 2 is 2.25 bits per heavy atom. The van der Waals surface area contributed by atoms with E-state index in [1.807, 2.05) is 0 Å². The summed E-state index contributed by atoms with van der Waals surface area (Å²) in [5.74, 6) is 0.511. The minimum Gasteiger partial charge on any atom is -0.382 e. The van der Waals surface area contributed by atoms with E-state index < -0.39 is 0 Å². The Labute approximate surface area is 91.3 Å². The number of aryl methyl sites for hydroxylation is 1. The highest BCUT2D eigenvalue weighted by Gasteiger charge is 2.09. The zero-order chi connectivity index (χ0) is 11.5. The Balaban J connectivity index is 2.15. The van der Waals surface area contributed by atoms with Crippen molar-refractivity contribution in [3.63, 3.8) is 0 Å². The molecule has 16 heavy (non-hydrogen) atoms. The highest BCUT2D eigenvalue weighted by Crippen LogP contribution is 2.05.